The van der Waals surface area contributed by atoms with Crippen LogP contribution in [0, 0.1) is 12.3 Å². The van der Waals surface area contributed by atoms with Crippen LogP contribution in [0.1, 0.15) is 6.92 Å². The van der Waals surface area contributed by atoms with Crippen molar-refractivity contribution in [1.29, 1.82) is 0 Å². The first-order valence-corrected chi connectivity index (χ1v) is 2.54. The molecule has 0 aliphatic heterocycles. The number of hydrogen-bond acceptors (Lipinski definition) is 2. The molecule has 0 aliphatic carbocycles. The fourth-order valence-corrected chi connectivity index (χ4v) is 0.385. The largest absolute Gasteiger partial charge is 0.393 e. The molecule has 1 amide bonds. The molecule has 0 aromatic heterocycles. The van der Waals surface area contributed by atoms with E-state index in [0.717, 1.165) is 0 Å². The molecular formula is C6H9NO2. The van der Waals surface area contributed by atoms with Gasteiger partial charge in [0.15, 0.2) is 0 Å². The summed E-state index contributed by atoms with van der Waals surface area (Å²) < 4.78 is 0. The van der Waals surface area contributed by atoms with Gasteiger partial charge in [-0.3, -0.25) is 4.79 Å². The number of aliphatic hydroxyl groups is 1. The van der Waals surface area contributed by atoms with Crippen LogP contribution < -0.4 is 5.32 Å². The molecular weight excluding hydrogens is 118 g/mol. The SMILES string of the molecule is C#CC(CO)NC(C)=O. The highest BCUT2D eigenvalue weighted by Crippen LogP contribution is 1.75. The van der Waals surface area contributed by atoms with Gasteiger partial charge in [-0.15, -0.1) is 6.42 Å². The van der Waals surface area contributed by atoms with E-state index in [2.05, 4.69) is 11.2 Å². The molecule has 0 radical (unpaired) electrons. The maximum Gasteiger partial charge on any atom is 0.217 e. The van der Waals surface area contributed by atoms with E-state index in [-0.39, 0.29) is 12.5 Å². The van der Waals surface area contributed by atoms with Gasteiger partial charge in [-0.1, -0.05) is 5.92 Å². The van der Waals surface area contributed by atoms with Gasteiger partial charge in [0.25, 0.3) is 0 Å². The van der Waals surface area contributed by atoms with Crippen molar-refractivity contribution in [2.75, 3.05) is 6.61 Å². The van der Waals surface area contributed by atoms with Crippen LogP contribution in [0.15, 0.2) is 0 Å². The number of nitrogens with one attached hydrogen (secondary N) is 1. The molecule has 0 spiro atoms. The normalized spacial score (nSPS) is 11.7. The Kier molecular flexibility index (Phi) is 3.49. The smallest absolute Gasteiger partial charge is 0.217 e. The topological polar surface area (TPSA) is 49.3 Å². The minimum absolute atomic E-state index is 0.212. The highest BCUT2D eigenvalue weighted by Gasteiger charge is 2.01. The number of hydrogen-bond donors (Lipinski definition) is 2. The van der Waals surface area contributed by atoms with Crippen LogP contribution in [0.2, 0.25) is 0 Å². The van der Waals surface area contributed by atoms with E-state index in [1.54, 1.807) is 0 Å². The molecule has 0 saturated heterocycles. The van der Waals surface area contributed by atoms with Gasteiger partial charge in [-0.25, -0.2) is 0 Å². The van der Waals surface area contributed by atoms with E-state index in [4.69, 9.17) is 11.5 Å². The van der Waals surface area contributed by atoms with Crippen molar-refractivity contribution in [3.05, 3.63) is 0 Å². The lowest BCUT2D eigenvalue weighted by Gasteiger charge is -2.05. The third-order valence-electron chi connectivity index (χ3n) is 0.761. The second-order valence-electron chi connectivity index (χ2n) is 1.60. The summed E-state index contributed by atoms with van der Waals surface area (Å²) in [7, 11) is 0. The van der Waals surface area contributed by atoms with Crippen molar-refractivity contribution in [2.24, 2.45) is 0 Å². The quantitative estimate of drug-likeness (QED) is 0.473. The number of aliphatic hydroxyl groups excluding tert-OH is 1. The van der Waals surface area contributed by atoms with E-state index >= 15 is 0 Å². The first-order valence-electron chi connectivity index (χ1n) is 2.54. The summed E-state index contributed by atoms with van der Waals surface area (Å²) in [5, 5.41) is 10.8. The molecule has 0 heterocycles. The average Bonchev–Trinajstić information content (AvgIpc) is 1.82. The van der Waals surface area contributed by atoms with Crippen LogP contribution in [0.25, 0.3) is 0 Å². The first-order chi connectivity index (χ1) is 4.20. The zero-order valence-corrected chi connectivity index (χ0v) is 5.22. The fourth-order valence-electron chi connectivity index (χ4n) is 0.385. The molecule has 3 heteroatoms. The molecule has 1 atom stereocenters. The fraction of sp³-hybridized carbons (Fsp3) is 0.500. The lowest BCUT2D eigenvalue weighted by Crippen LogP contribution is -2.34. The Hall–Kier alpha value is -1.01. The monoisotopic (exact) mass is 127 g/mol. The summed E-state index contributed by atoms with van der Waals surface area (Å²) in [5.41, 5.74) is 0. The molecule has 0 aromatic rings. The van der Waals surface area contributed by atoms with Gasteiger partial charge in [-0.2, -0.15) is 0 Å². The van der Waals surface area contributed by atoms with Crippen LogP contribution in [0.3, 0.4) is 0 Å². The van der Waals surface area contributed by atoms with Crippen LogP contribution in [-0.4, -0.2) is 23.7 Å². The van der Waals surface area contributed by atoms with E-state index < -0.39 is 6.04 Å². The van der Waals surface area contributed by atoms with Crippen molar-refractivity contribution in [3.8, 4) is 12.3 Å². The molecule has 0 bridgehead atoms. The Bertz CT molecular complexity index is 136. The summed E-state index contributed by atoms with van der Waals surface area (Å²) in [6.45, 7) is 1.14. The predicted octanol–water partition coefficient (Wildman–Crippen LogP) is -0.883. The molecule has 0 aliphatic rings. The summed E-state index contributed by atoms with van der Waals surface area (Å²) in [4.78, 5) is 10.3. The van der Waals surface area contributed by atoms with Gasteiger partial charge in [0.2, 0.25) is 5.91 Å². The maximum absolute atomic E-state index is 10.3. The number of carbonyl (C=O) groups is 1. The highest BCUT2D eigenvalue weighted by atomic mass is 16.3. The molecule has 9 heavy (non-hydrogen) atoms. The van der Waals surface area contributed by atoms with E-state index in [1.165, 1.54) is 6.92 Å². The van der Waals surface area contributed by atoms with Gasteiger partial charge in [-0.05, 0) is 0 Å². The number of carbonyl (C=O) groups excluding carboxylic acids is 1. The molecule has 0 saturated carbocycles. The zero-order chi connectivity index (χ0) is 7.28. The Balaban J connectivity index is 3.60. The molecule has 3 nitrogen and oxygen atoms in total. The minimum Gasteiger partial charge on any atom is -0.393 e. The van der Waals surface area contributed by atoms with E-state index in [0.29, 0.717) is 0 Å². The molecule has 2 N–H and O–H groups in total. The van der Waals surface area contributed by atoms with Crippen molar-refractivity contribution in [1.82, 2.24) is 5.32 Å². The molecule has 0 aromatic carbocycles. The standard InChI is InChI=1S/C6H9NO2/c1-3-6(4-8)7-5(2)9/h1,6,8H,4H2,2H3,(H,7,9). The van der Waals surface area contributed by atoms with Crippen molar-refractivity contribution in [3.63, 3.8) is 0 Å². The Labute approximate surface area is 54.1 Å². The number of terminal acetylenes is 1. The average molecular weight is 127 g/mol. The molecule has 0 fully saturated rings. The molecule has 0 rings (SSSR count). The van der Waals surface area contributed by atoms with Gasteiger partial charge < -0.3 is 10.4 Å². The van der Waals surface area contributed by atoms with Crippen LogP contribution in [0.5, 0.6) is 0 Å². The highest BCUT2D eigenvalue weighted by molar-refractivity contribution is 5.73. The Morgan fingerprint density at radius 3 is 2.67 bits per heavy atom. The van der Waals surface area contributed by atoms with Crippen molar-refractivity contribution >= 4 is 5.91 Å². The zero-order valence-electron chi connectivity index (χ0n) is 5.22. The number of amides is 1. The summed E-state index contributed by atoms with van der Waals surface area (Å²) in [6.07, 6.45) is 4.91. The minimum atomic E-state index is -0.539. The second kappa shape index (κ2) is 3.93. The number of rotatable bonds is 2. The van der Waals surface area contributed by atoms with Crippen LogP contribution in [0.4, 0.5) is 0 Å². The third-order valence-corrected chi connectivity index (χ3v) is 0.761. The summed E-state index contributed by atoms with van der Waals surface area (Å²) in [6, 6.07) is -0.539. The predicted molar refractivity (Wildman–Crippen MR) is 33.5 cm³/mol. The van der Waals surface area contributed by atoms with Gasteiger partial charge in [0.1, 0.15) is 6.04 Å². The molecule has 50 valence electrons. The molecule has 1 unspecified atom stereocenters. The Morgan fingerprint density at radius 1 is 2.00 bits per heavy atom. The summed E-state index contributed by atoms with van der Waals surface area (Å²) >= 11 is 0. The van der Waals surface area contributed by atoms with Crippen molar-refractivity contribution in [2.45, 2.75) is 13.0 Å². The first kappa shape index (κ1) is 7.99. The lowest BCUT2D eigenvalue weighted by molar-refractivity contribution is -0.119. The van der Waals surface area contributed by atoms with Crippen LogP contribution in [-0.2, 0) is 4.79 Å². The Morgan fingerprint density at radius 2 is 2.56 bits per heavy atom. The second-order valence-corrected chi connectivity index (χ2v) is 1.60. The van der Waals surface area contributed by atoms with E-state index in [9.17, 15) is 4.79 Å². The third kappa shape index (κ3) is 3.56. The van der Waals surface area contributed by atoms with Crippen molar-refractivity contribution < 1.29 is 9.90 Å². The van der Waals surface area contributed by atoms with Gasteiger partial charge in [0, 0.05) is 6.92 Å². The summed E-state index contributed by atoms with van der Waals surface area (Å²) in [5.74, 6) is 1.97. The van der Waals surface area contributed by atoms with Gasteiger partial charge >= 0.3 is 0 Å². The van der Waals surface area contributed by atoms with Gasteiger partial charge in [0.05, 0.1) is 6.61 Å². The van der Waals surface area contributed by atoms with E-state index in [1.807, 2.05) is 0 Å². The maximum atomic E-state index is 10.3. The lowest BCUT2D eigenvalue weighted by atomic mass is 10.3. The van der Waals surface area contributed by atoms with Crippen LogP contribution >= 0.6 is 0 Å².